The number of amides is 2. The third kappa shape index (κ3) is 2.40. The molecule has 0 spiro atoms. The molecule has 118 valence electrons. The number of aliphatic hydroxyl groups is 1. The van der Waals surface area contributed by atoms with Crippen LogP contribution in [0.2, 0.25) is 0 Å². The van der Waals surface area contributed by atoms with Crippen LogP contribution in [-0.2, 0) is 9.53 Å². The van der Waals surface area contributed by atoms with Gasteiger partial charge < -0.3 is 14.7 Å². The van der Waals surface area contributed by atoms with E-state index in [-0.39, 0.29) is 25.6 Å². The lowest BCUT2D eigenvalue weighted by Gasteiger charge is -2.21. The number of anilines is 1. The molecule has 0 radical (unpaired) electrons. The van der Waals surface area contributed by atoms with Crippen LogP contribution >= 0.6 is 0 Å². The van der Waals surface area contributed by atoms with Gasteiger partial charge in [-0.1, -0.05) is 6.07 Å². The van der Waals surface area contributed by atoms with E-state index in [2.05, 4.69) is 5.32 Å². The number of carbonyl (C=O) groups is 2. The summed E-state index contributed by atoms with van der Waals surface area (Å²) in [4.78, 5) is 25.9. The third-order valence-corrected chi connectivity index (χ3v) is 3.90. The number of carbonyl (C=O) groups excluding carboxylic acids is 2. The van der Waals surface area contributed by atoms with Gasteiger partial charge in [-0.2, -0.15) is 0 Å². The second kappa shape index (κ2) is 5.54. The van der Waals surface area contributed by atoms with Gasteiger partial charge in [0.25, 0.3) is 0 Å². The van der Waals surface area contributed by atoms with E-state index in [9.17, 15) is 14.0 Å². The van der Waals surface area contributed by atoms with E-state index in [1.54, 1.807) is 13.1 Å². The van der Waals surface area contributed by atoms with Crippen molar-refractivity contribution >= 4 is 17.7 Å². The van der Waals surface area contributed by atoms with Gasteiger partial charge in [-0.25, -0.2) is 9.18 Å². The molecule has 1 aromatic carbocycles. The number of aliphatic hydroxyl groups excluding tert-OH is 1. The minimum absolute atomic E-state index is 0.109. The number of ether oxygens (including phenoxy) is 1. The summed E-state index contributed by atoms with van der Waals surface area (Å²) >= 11 is 0. The maximum Gasteiger partial charge on any atom is 0.414 e. The molecule has 2 atom stereocenters. The number of likely N-dealkylation sites (N-methyl/N-ethyl adjacent to an activating group) is 1. The van der Waals surface area contributed by atoms with Crippen LogP contribution < -0.4 is 10.2 Å². The van der Waals surface area contributed by atoms with Crippen LogP contribution in [0.5, 0.6) is 0 Å². The summed E-state index contributed by atoms with van der Waals surface area (Å²) in [7, 11) is 1.60. The van der Waals surface area contributed by atoms with Gasteiger partial charge in [-0.3, -0.25) is 15.0 Å². The molecule has 0 saturated carbocycles. The molecule has 2 saturated heterocycles. The molecule has 0 aliphatic carbocycles. The van der Waals surface area contributed by atoms with Crippen LogP contribution in [0.4, 0.5) is 14.9 Å². The van der Waals surface area contributed by atoms with Crippen molar-refractivity contribution in [2.75, 3.05) is 31.6 Å². The molecule has 8 heteroatoms. The van der Waals surface area contributed by atoms with Crippen LogP contribution in [0.3, 0.4) is 0 Å². The van der Waals surface area contributed by atoms with Crippen molar-refractivity contribution in [3.63, 3.8) is 0 Å². The van der Waals surface area contributed by atoms with Crippen molar-refractivity contribution in [1.82, 2.24) is 10.2 Å². The molecule has 0 bridgehead atoms. The Morgan fingerprint density at radius 2 is 2.23 bits per heavy atom. The topological polar surface area (TPSA) is 82.1 Å². The maximum absolute atomic E-state index is 14.4. The maximum atomic E-state index is 14.4. The number of benzene rings is 1. The van der Waals surface area contributed by atoms with Gasteiger partial charge >= 0.3 is 6.09 Å². The monoisotopic (exact) mass is 309 g/mol. The standard InChI is InChI=1S/C14H16FN3O4/c1-17-12(20)5-16-13(17)10-3-2-8(4-11(10)15)18-6-9(7-19)22-14(18)21/h2-4,9,13,16,19H,5-7H2,1H3/t9-,13-/m1/s1. The number of nitrogens with zero attached hydrogens (tertiary/aromatic N) is 2. The molecule has 22 heavy (non-hydrogen) atoms. The highest BCUT2D eigenvalue weighted by Crippen LogP contribution is 2.28. The molecule has 1 aromatic rings. The molecular formula is C14H16FN3O4. The Hall–Kier alpha value is -2.19. The average Bonchev–Trinajstić information content (AvgIpc) is 3.03. The number of rotatable bonds is 3. The Balaban J connectivity index is 1.84. The van der Waals surface area contributed by atoms with E-state index in [1.807, 2.05) is 0 Å². The normalized spacial score (nSPS) is 25.0. The van der Waals surface area contributed by atoms with Gasteiger partial charge in [-0.05, 0) is 12.1 Å². The predicted octanol–water partition coefficient (Wildman–Crippen LogP) is 0.203. The van der Waals surface area contributed by atoms with E-state index in [0.29, 0.717) is 11.3 Å². The first-order valence-corrected chi connectivity index (χ1v) is 6.88. The Morgan fingerprint density at radius 3 is 2.77 bits per heavy atom. The minimum atomic E-state index is -0.613. The quantitative estimate of drug-likeness (QED) is 0.834. The molecule has 2 heterocycles. The average molecular weight is 309 g/mol. The number of halogens is 1. The van der Waals surface area contributed by atoms with Crippen LogP contribution in [0.15, 0.2) is 18.2 Å². The first-order valence-electron chi connectivity index (χ1n) is 6.88. The molecule has 0 unspecified atom stereocenters. The fraction of sp³-hybridized carbons (Fsp3) is 0.429. The second-order valence-corrected chi connectivity index (χ2v) is 5.29. The predicted molar refractivity (Wildman–Crippen MR) is 74.6 cm³/mol. The zero-order valence-electron chi connectivity index (χ0n) is 12.0. The number of cyclic esters (lactones) is 1. The summed E-state index contributed by atoms with van der Waals surface area (Å²) in [5.74, 6) is -0.626. The second-order valence-electron chi connectivity index (χ2n) is 5.29. The Kier molecular flexibility index (Phi) is 3.71. The van der Waals surface area contributed by atoms with Gasteiger partial charge in [0.05, 0.1) is 25.4 Å². The Bertz CT molecular complexity index is 624. The Labute approximate surface area is 126 Å². The molecule has 2 amide bonds. The van der Waals surface area contributed by atoms with Gasteiger partial charge in [0, 0.05) is 12.6 Å². The summed E-state index contributed by atoms with van der Waals surface area (Å²) in [5.41, 5.74) is 0.692. The summed E-state index contributed by atoms with van der Waals surface area (Å²) in [5, 5.41) is 11.9. The number of nitrogens with one attached hydrogen (secondary N) is 1. The molecule has 0 aromatic heterocycles. The number of hydrogen-bond donors (Lipinski definition) is 2. The molecule has 2 fully saturated rings. The summed E-state index contributed by atoms with van der Waals surface area (Å²) in [6, 6.07) is 4.36. The first-order chi connectivity index (χ1) is 10.5. The molecule has 2 N–H and O–H groups in total. The van der Waals surface area contributed by atoms with Crippen molar-refractivity contribution in [2.45, 2.75) is 12.3 Å². The number of hydrogen-bond acceptors (Lipinski definition) is 5. The van der Waals surface area contributed by atoms with Crippen LogP contribution in [0, 0.1) is 5.82 Å². The molecule has 2 aliphatic heterocycles. The SMILES string of the molecule is CN1C(=O)CN[C@H]1c1ccc(N2C[C@H](CO)OC2=O)cc1F. The van der Waals surface area contributed by atoms with Crippen LogP contribution in [0.1, 0.15) is 11.7 Å². The summed E-state index contributed by atoms with van der Waals surface area (Å²) in [6.45, 7) is 0.0644. The third-order valence-electron chi connectivity index (χ3n) is 3.90. The fourth-order valence-electron chi connectivity index (χ4n) is 2.64. The van der Waals surface area contributed by atoms with Crippen molar-refractivity contribution in [1.29, 1.82) is 0 Å². The van der Waals surface area contributed by atoms with E-state index in [1.165, 1.54) is 21.9 Å². The van der Waals surface area contributed by atoms with Crippen LogP contribution in [0.25, 0.3) is 0 Å². The van der Waals surface area contributed by atoms with E-state index in [4.69, 9.17) is 9.84 Å². The lowest BCUT2D eigenvalue weighted by molar-refractivity contribution is -0.126. The van der Waals surface area contributed by atoms with Crippen molar-refractivity contribution in [3.8, 4) is 0 Å². The highest BCUT2D eigenvalue weighted by Gasteiger charge is 2.34. The molecular weight excluding hydrogens is 293 g/mol. The van der Waals surface area contributed by atoms with E-state index in [0.717, 1.165) is 0 Å². The lowest BCUT2D eigenvalue weighted by atomic mass is 10.1. The molecule has 2 aliphatic rings. The zero-order valence-corrected chi connectivity index (χ0v) is 12.0. The summed E-state index contributed by atoms with van der Waals surface area (Å²) < 4.78 is 19.3. The highest BCUT2D eigenvalue weighted by molar-refractivity contribution is 5.89. The summed E-state index contributed by atoms with van der Waals surface area (Å²) in [6.07, 6.45) is -1.73. The van der Waals surface area contributed by atoms with Gasteiger partial charge in [0.1, 0.15) is 18.1 Å². The minimum Gasteiger partial charge on any atom is -0.441 e. The van der Waals surface area contributed by atoms with Crippen LogP contribution in [-0.4, -0.2) is 54.9 Å². The van der Waals surface area contributed by atoms with Gasteiger partial charge in [-0.15, -0.1) is 0 Å². The van der Waals surface area contributed by atoms with Crippen molar-refractivity contribution in [3.05, 3.63) is 29.6 Å². The van der Waals surface area contributed by atoms with E-state index < -0.39 is 24.2 Å². The fourth-order valence-corrected chi connectivity index (χ4v) is 2.64. The lowest BCUT2D eigenvalue weighted by Crippen LogP contribution is -2.28. The largest absolute Gasteiger partial charge is 0.441 e. The van der Waals surface area contributed by atoms with Crippen molar-refractivity contribution < 1.29 is 23.8 Å². The highest BCUT2D eigenvalue weighted by atomic mass is 19.1. The van der Waals surface area contributed by atoms with Gasteiger partial charge in [0.15, 0.2) is 0 Å². The van der Waals surface area contributed by atoms with E-state index >= 15 is 0 Å². The zero-order chi connectivity index (χ0) is 15.9. The first kappa shape index (κ1) is 14.7. The Morgan fingerprint density at radius 1 is 1.45 bits per heavy atom. The van der Waals surface area contributed by atoms with Crippen molar-refractivity contribution in [2.24, 2.45) is 0 Å². The molecule has 7 nitrogen and oxygen atoms in total. The molecule has 3 rings (SSSR count). The van der Waals surface area contributed by atoms with Gasteiger partial charge in [0.2, 0.25) is 5.91 Å². The smallest absolute Gasteiger partial charge is 0.414 e.